The van der Waals surface area contributed by atoms with Crippen LogP contribution < -0.4 is 5.32 Å². The van der Waals surface area contributed by atoms with Gasteiger partial charge in [-0.3, -0.25) is 4.79 Å². The van der Waals surface area contributed by atoms with Gasteiger partial charge in [0.2, 0.25) is 0 Å². The van der Waals surface area contributed by atoms with E-state index in [4.69, 9.17) is 0 Å². The van der Waals surface area contributed by atoms with Crippen LogP contribution in [0, 0.1) is 18.2 Å². The quantitative estimate of drug-likeness (QED) is 0.868. The van der Waals surface area contributed by atoms with Crippen molar-refractivity contribution in [2.24, 2.45) is 5.92 Å². The number of carbonyl (C=O) groups is 1. The third-order valence-corrected chi connectivity index (χ3v) is 2.94. The largest absolute Gasteiger partial charge is 0.314 e. The molecular formula is C13H14F2NO. The average Bonchev–Trinajstić information content (AvgIpc) is 2.32. The van der Waals surface area contributed by atoms with Crippen LogP contribution in [-0.2, 0) is 11.2 Å². The van der Waals surface area contributed by atoms with Gasteiger partial charge in [0.05, 0.1) is 5.92 Å². The highest BCUT2D eigenvalue weighted by molar-refractivity contribution is 5.85. The van der Waals surface area contributed by atoms with Gasteiger partial charge in [0.25, 0.3) is 0 Å². The van der Waals surface area contributed by atoms with Crippen LogP contribution >= 0.6 is 0 Å². The first-order valence-electron chi connectivity index (χ1n) is 5.62. The molecular weight excluding hydrogens is 224 g/mol. The van der Waals surface area contributed by atoms with E-state index in [1.54, 1.807) is 24.6 Å². The molecule has 1 fully saturated rings. The lowest BCUT2D eigenvalue weighted by Gasteiger charge is -2.25. The van der Waals surface area contributed by atoms with Gasteiger partial charge in [-0.05, 0) is 24.6 Å². The van der Waals surface area contributed by atoms with Crippen LogP contribution in [0.15, 0.2) is 24.3 Å². The van der Waals surface area contributed by atoms with Crippen LogP contribution in [0.3, 0.4) is 0 Å². The molecule has 0 aliphatic carbocycles. The normalized spacial score (nSPS) is 24.6. The molecule has 0 bridgehead atoms. The smallest absolute Gasteiger partial charge is 0.143 e. The summed E-state index contributed by atoms with van der Waals surface area (Å²) in [5.74, 6) is -1.38. The zero-order chi connectivity index (χ0) is 12.3. The van der Waals surface area contributed by atoms with Crippen molar-refractivity contribution in [3.8, 4) is 0 Å². The summed E-state index contributed by atoms with van der Waals surface area (Å²) in [5, 5.41) is 2.84. The van der Waals surface area contributed by atoms with Gasteiger partial charge in [0.1, 0.15) is 17.8 Å². The summed E-state index contributed by atoms with van der Waals surface area (Å²) in [6.07, 6.45) is 0.369. The molecule has 1 aromatic rings. The molecule has 1 heterocycles. The van der Waals surface area contributed by atoms with Crippen molar-refractivity contribution in [2.75, 3.05) is 13.1 Å². The molecule has 2 unspecified atom stereocenters. The van der Waals surface area contributed by atoms with Crippen molar-refractivity contribution in [1.82, 2.24) is 5.32 Å². The maximum Gasteiger partial charge on any atom is 0.143 e. The summed E-state index contributed by atoms with van der Waals surface area (Å²) in [4.78, 5) is 11.9. The summed E-state index contributed by atoms with van der Waals surface area (Å²) in [7, 11) is 0. The zero-order valence-electron chi connectivity index (χ0n) is 9.33. The number of hydrogen-bond donors (Lipinski definition) is 1. The number of rotatable bonds is 3. The number of Topliss-reactive ketones (excluding diaryl/α,β-unsaturated/α-hetero) is 1. The Morgan fingerprint density at radius 1 is 1.41 bits per heavy atom. The number of benzene rings is 1. The van der Waals surface area contributed by atoms with Crippen LogP contribution in [0.1, 0.15) is 5.56 Å². The van der Waals surface area contributed by atoms with E-state index in [1.807, 2.05) is 0 Å². The minimum absolute atomic E-state index is 0.0474. The van der Waals surface area contributed by atoms with Crippen molar-refractivity contribution < 1.29 is 13.6 Å². The van der Waals surface area contributed by atoms with Crippen LogP contribution in [0.4, 0.5) is 8.78 Å². The first-order valence-corrected chi connectivity index (χ1v) is 5.62. The summed E-state index contributed by atoms with van der Waals surface area (Å²) in [6.45, 7) is 0.707. The molecule has 1 radical (unpaired) electrons. The zero-order valence-corrected chi connectivity index (χ0v) is 9.33. The molecule has 1 N–H and O–H groups in total. The van der Waals surface area contributed by atoms with Crippen LogP contribution in [-0.4, -0.2) is 25.0 Å². The monoisotopic (exact) mass is 238 g/mol. The maximum atomic E-state index is 13.5. The van der Waals surface area contributed by atoms with E-state index in [-0.39, 0.29) is 18.7 Å². The van der Waals surface area contributed by atoms with Crippen LogP contribution in [0.25, 0.3) is 0 Å². The lowest BCUT2D eigenvalue weighted by molar-refractivity contribution is -0.123. The van der Waals surface area contributed by atoms with Gasteiger partial charge in [0.15, 0.2) is 0 Å². The van der Waals surface area contributed by atoms with E-state index in [0.29, 0.717) is 12.1 Å². The summed E-state index contributed by atoms with van der Waals surface area (Å²) < 4.78 is 26.8. The van der Waals surface area contributed by atoms with E-state index in [1.165, 1.54) is 6.07 Å². The second-order valence-corrected chi connectivity index (χ2v) is 4.17. The average molecular weight is 238 g/mol. The summed E-state index contributed by atoms with van der Waals surface area (Å²) in [5.41, 5.74) is 0.330. The van der Waals surface area contributed by atoms with Crippen molar-refractivity contribution in [3.63, 3.8) is 0 Å². The minimum atomic E-state index is -1.21. The highest BCUT2D eigenvalue weighted by Gasteiger charge is 2.30. The Morgan fingerprint density at radius 3 is 2.88 bits per heavy atom. The van der Waals surface area contributed by atoms with Crippen molar-refractivity contribution in [2.45, 2.75) is 12.6 Å². The fraction of sp³-hybridized carbons (Fsp3) is 0.385. The number of carbonyl (C=O) groups excluding carboxylic acids is 1. The summed E-state index contributed by atoms with van der Waals surface area (Å²) >= 11 is 0. The van der Waals surface area contributed by atoms with E-state index < -0.39 is 17.9 Å². The SMILES string of the molecule is O=C(Cc1ccccc1F)C1[CH]CNCC1F. The van der Waals surface area contributed by atoms with Gasteiger partial charge in [-0.25, -0.2) is 8.78 Å². The third kappa shape index (κ3) is 2.88. The standard InChI is InChI=1S/C13H14F2NO/c14-11-4-2-1-3-9(11)7-13(17)10-5-6-16-8-12(10)15/h1-5,10,12,16H,6-8H2. The number of hydrogen-bond acceptors (Lipinski definition) is 2. The molecule has 0 saturated carbocycles. The molecule has 1 aliphatic rings. The van der Waals surface area contributed by atoms with E-state index >= 15 is 0 Å². The summed E-state index contributed by atoms with van der Waals surface area (Å²) in [6, 6.07) is 6.10. The van der Waals surface area contributed by atoms with E-state index in [9.17, 15) is 13.6 Å². The molecule has 0 aromatic heterocycles. The van der Waals surface area contributed by atoms with E-state index in [2.05, 4.69) is 5.32 Å². The van der Waals surface area contributed by atoms with Gasteiger partial charge >= 0.3 is 0 Å². The third-order valence-electron chi connectivity index (χ3n) is 2.94. The van der Waals surface area contributed by atoms with Gasteiger partial charge in [-0.15, -0.1) is 0 Å². The molecule has 1 aromatic carbocycles. The molecule has 2 nitrogen and oxygen atoms in total. The predicted octanol–water partition coefficient (Wildman–Crippen LogP) is 1.70. The molecule has 17 heavy (non-hydrogen) atoms. The van der Waals surface area contributed by atoms with Gasteiger partial charge in [-0.1, -0.05) is 18.2 Å². The Kier molecular flexibility index (Phi) is 3.84. The highest BCUT2D eigenvalue weighted by atomic mass is 19.1. The number of piperidine rings is 1. The van der Waals surface area contributed by atoms with Crippen molar-refractivity contribution in [1.29, 1.82) is 0 Å². The molecule has 0 amide bonds. The van der Waals surface area contributed by atoms with Crippen molar-refractivity contribution in [3.05, 3.63) is 42.1 Å². The lowest BCUT2D eigenvalue weighted by atomic mass is 9.88. The first kappa shape index (κ1) is 12.2. The van der Waals surface area contributed by atoms with Gasteiger partial charge in [-0.2, -0.15) is 0 Å². The van der Waals surface area contributed by atoms with E-state index in [0.717, 1.165) is 0 Å². The fourth-order valence-corrected chi connectivity index (χ4v) is 1.99. The molecule has 4 heteroatoms. The maximum absolute atomic E-state index is 13.5. The second-order valence-electron chi connectivity index (χ2n) is 4.17. The Labute approximate surface area is 99.0 Å². The highest BCUT2D eigenvalue weighted by Crippen LogP contribution is 2.19. The molecule has 2 rings (SSSR count). The number of alkyl halides is 1. The molecule has 1 aliphatic heterocycles. The Morgan fingerprint density at radius 2 is 2.18 bits per heavy atom. The number of halogens is 2. The minimum Gasteiger partial charge on any atom is -0.314 e. The van der Waals surface area contributed by atoms with Crippen LogP contribution in [0.5, 0.6) is 0 Å². The molecule has 0 spiro atoms. The predicted molar refractivity (Wildman–Crippen MR) is 60.7 cm³/mol. The molecule has 2 atom stereocenters. The number of ketones is 1. The topological polar surface area (TPSA) is 29.1 Å². The van der Waals surface area contributed by atoms with Crippen molar-refractivity contribution >= 4 is 5.78 Å². The van der Waals surface area contributed by atoms with Gasteiger partial charge < -0.3 is 5.32 Å². The van der Waals surface area contributed by atoms with Gasteiger partial charge in [0, 0.05) is 13.0 Å². The molecule has 1 saturated heterocycles. The molecule has 91 valence electrons. The number of nitrogens with one attached hydrogen (secondary N) is 1. The Hall–Kier alpha value is -1.29. The van der Waals surface area contributed by atoms with Crippen LogP contribution in [0.2, 0.25) is 0 Å². The fourth-order valence-electron chi connectivity index (χ4n) is 1.99. The second kappa shape index (κ2) is 5.36. The first-order chi connectivity index (χ1) is 8.18. The Balaban J connectivity index is 2.03. The lowest BCUT2D eigenvalue weighted by Crippen LogP contribution is -2.42. The Bertz CT molecular complexity index is 408.